The van der Waals surface area contributed by atoms with Gasteiger partial charge in [-0.15, -0.1) is 0 Å². The number of anilines is 1. The number of fused-ring (bicyclic) bond motifs is 1. The molecule has 5 nitrogen and oxygen atoms in total. The molecule has 1 amide bonds. The highest BCUT2D eigenvalue weighted by molar-refractivity contribution is 6.31. The van der Waals surface area contributed by atoms with Gasteiger partial charge in [-0.3, -0.25) is 4.79 Å². The molecule has 0 saturated heterocycles. The first-order valence-electron chi connectivity index (χ1n) is 7.41. The highest BCUT2D eigenvalue weighted by atomic mass is 35.5. The van der Waals surface area contributed by atoms with Gasteiger partial charge in [0.25, 0.3) is 0 Å². The topological polar surface area (TPSA) is 59.6 Å². The Bertz CT molecular complexity index is 769. The van der Waals surface area contributed by atoms with Gasteiger partial charge in [0.1, 0.15) is 11.9 Å². The molecule has 0 radical (unpaired) electrons. The summed E-state index contributed by atoms with van der Waals surface area (Å²) in [6.07, 6.45) is 0. The SMILES string of the molecule is C[C@H](Nc1ccc(F)c(Cl)c1)C(=O)NCc1ccc2c(c1)OCO2. The van der Waals surface area contributed by atoms with Crippen LogP contribution in [0.5, 0.6) is 11.5 Å². The molecule has 0 fully saturated rings. The molecule has 0 aromatic heterocycles. The van der Waals surface area contributed by atoms with Gasteiger partial charge in [-0.1, -0.05) is 17.7 Å². The lowest BCUT2D eigenvalue weighted by Gasteiger charge is -2.15. The molecule has 0 spiro atoms. The van der Waals surface area contributed by atoms with Crippen LogP contribution in [0.25, 0.3) is 0 Å². The van der Waals surface area contributed by atoms with E-state index in [-0.39, 0.29) is 17.7 Å². The number of carbonyl (C=O) groups is 1. The fourth-order valence-electron chi connectivity index (χ4n) is 2.29. The van der Waals surface area contributed by atoms with Gasteiger partial charge < -0.3 is 20.1 Å². The maximum atomic E-state index is 13.1. The van der Waals surface area contributed by atoms with Crippen LogP contribution in [0.2, 0.25) is 5.02 Å². The number of benzene rings is 2. The quantitative estimate of drug-likeness (QED) is 0.868. The van der Waals surface area contributed by atoms with Gasteiger partial charge in [-0.2, -0.15) is 0 Å². The molecule has 0 saturated carbocycles. The average Bonchev–Trinajstić information content (AvgIpc) is 3.03. The van der Waals surface area contributed by atoms with Crippen molar-refractivity contribution in [1.82, 2.24) is 5.32 Å². The Morgan fingerprint density at radius 3 is 2.83 bits per heavy atom. The third-order valence-electron chi connectivity index (χ3n) is 3.60. The van der Waals surface area contributed by atoms with Crippen molar-refractivity contribution in [2.24, 2.45) is 0 Å². The molecule has 1 aliphatic rings. The summed E-state index contributed by atoms with van der Waals surface area (Å²) in [6, 6.07) is 9.24. The van der Waals surface area contributed by atoms with Crippen molar-refractivity contribution in [1.29, 1.82) is 0 Å². The first kappa shape index (κ1) is 16.4. The third kappa shape index (κ3) is 3.71. The molecule has 2 N–H and O–H groups in total. The van der Waals surface area contributed by atoms with E-state index >= 15 is 0 Å². The summed E-state index contributed by atoms with van der Waals surface area (Å²) in [5.41, 5.74) is 1.48. The average molecular weight is 351 g/mol. The number of nitrogens with one attached hydrogen (secondary N) is 2. The maximum absolute atomic E-state index is 13.1. The Kier molecular flexibility index (Phi) is 4.76. The number of hydrogen-bond donors (Lipinski definition) is 2. The van der Waals surface area contributed by atoms with Crippen LogP contribution in [0.1, 0.15) is 12.5 Å². The zero-order valence-electron chi connectivity index (χ0n) is 12.9. The van der Waals surface area contributed by atoms with Gasteiger partial charge in [0.05, 0.1) is 5.02 Å². The number of ether oxygens (including phenoxy) is 2. The van der Waals surface area contributed by atoms with Crippen molar-refractivity contribution < 1.29 is 18.7 Å². The van der Waals surface area contributed by atoms with Crippen LogP contribution in [-0.2, 0) is 11.3 Å². The van der Waals surface area contributed by atoms with E-state index in [0.29, 0.717) is 23.7 Å². The minimum absolute atomic E-state index is 0.00738. The van der Waals surface area contributed by atoms with Gasteiger partial charge in [-0.05, 0) is 42.8 Å². The Hall–Kier alpha value is -2.47. The lowest BCUT2D eigenvalue weighted by molar-refractivity contribution is -0.121. The van der Waals surface area contributed by atoms with Crippen LogP contribution in [0, 0.1) is 5.82 Å². The number of carbonyl (C=O) groups excluding carboxylic acids is 1. The molecule has 0 bridgehead atoms. The predicted octanol–water partition coefficient (Wildman–Crippen LogP) is 3.32. The molecule has 3 rings (SSSR count). The molecule has 126 valence electrons. The van der Waals surface area contributed by atoms with Gasteiger partial charge in [-0.25, -0.2) is 4.39 Å². The molecule has 1 atom stereocenters. The molecule has 0 aliphatic carbocycles. The normalized spacial score (nSPS) is 13.5. The van der Waals surface area contributed by atoms with Crippen molar-refractivity contribution in [2.45, 2.75) is 19.5 Å². The molecule has 24 heavy (non-hydrogen) atoms. The molecule has 2 aromatic carbocycles. The molecule has 1 heterocycles. The Labute approximate surface area is 143 Å². The van der Waals surface area contributed by atoms with Gasteiger partial charge in [0.15, 0.2) is 11.5 Å². The zero-order chi connectivity index (χ0) is 17.1. The maximum Gasteiger partial charge on any atom is 0.242 e. The van der Waals surface area contributed by atoms with Crippen LogP contribution in [0.3, 0.4) is 0 Å². The summed E-state index contributed by atoms with van der Waals surface area (Å²) in [5, 5.41) is 5.82. The number of amides is 1. The van der Waals surface area contributed by atoms with Crippen LogP contribution >= 0.6 is 11.6 Å². The second-order valence-electron chi connectivity index (χ2n) is 5.40. The second-order valence-corrected chi connectivity index (χ2v) is 5.81. The van der Waals surface area contributed by atoms with Crippen LogP contribution in [-0.4, -0.2) is 18.7 Å². The van der Waals surface area contributed by atoms with Crippen molar-refractivity contribution >= 4 is 23.2 Å². The van der Waals surface area contributed by atoms with Crippen molar-refractivity contribution in [3.63, 3.8) is 0 Å². The van der Waals surface area contributed by atoms with Crippen LogP contribution in [0.4, 0.5) is 10.1 Å². The van der Waals surface area contributed by atoms with Crippen molar-refractivity contribution in [3.8, 4) is 11.5 Å². The van der Waals surface area contributed by atoms with Crippen LogP contribution in [0.15, 0.2) is 36.4 Å². The predicted molar refractivity (Wildman–Crippen MR) is 88.9 cm³/mol. The molecule has 0 unspecified atom stereocenters. The molecule has 7 heteroatoms. The zero-order valence-corrected chi connectivity index (χ0v) is 13.7. The molecule has 2 aromatic rings. The van der Waals surface area contributed by atoms with Crippen LogP contribution < -0.4 is 20.1 Å². The van der Waals surface area contributed by atoms with E-state index in [0.717, 1.165) is 5.56 Å². The Morgan fingerprint density at radius 2 is 2.04 bits per heavy atom. The first-order valence-corrected chi connectivity index (χ1v) is 7.78. The summed E-state index contributed by atoms with van der Waals surface area (Å²) >= 11 is 5.73. The summed E-state index contributed by atoms with van der Waals surface area (Å²) in [7, 11) is 0. The highest BCUT2D eigenvalue weighted by Crippen LogP contribution is 2.32. The second kappa shape index (κ2) is 6.97. The van der Waals surface area contributed by atoms with E-state index in [1.165, 1.54) is 18.2 Å². The Morgan fingerprint density at radius 1 is 1.25 bits per heavy atom. The summed E-state index contributed by atoms with van der Waals surface area (Å²) in [6.45, 7) is 2.30. The monoisotopic (exact) mass is 350 g/mol. The molecule has 1 aliphatic heterocycles. The summed E-state index contributed by atoms with van der Waals surface area (Å²) < 4.78 is 23.7. The minimum Gasteiger partial charge on any atom is -0.454 e. The standard InChI is InChI=1S/C17H16ClFN2O3/c1-10(21-12-3-4-14(19)13(18)7-12)17(22)20-8-11-2-5-15-16(6-11)24-9-23-15/h2-7,10,21H,8-9H2,1H3,(H,20,22)/t10-/m0/s1. The minimum atomic E-state index is -0.500. The third-order valence-corrected chi connectivity index (χ3v) is 3.89. The van der Waals surface area contributed by atoms with Gasteiger partial charge in [0.2, 0.25) is 12.7 Å². The largest absolute Gasteiger partial charge is 0.454 e. The number of halogens is 2. The fourth-order valence-corrected chi connectivity index (χ4v) is 2.48. The van der Waals surface area contributed by atoms with E-state index in [9.17, 15) is 9.18 Å². The highest BCUT2D eigenvalue weighted by Gasteiger charge is 2.15. The molecular formula is C17H16ClFN2O3. The van der Waals surface area contributed by atoms with E-state index in [1.54, 1.807) is 6.92 Å². The van der Waals surface area contributed by atoms with Gasteiger partial charge >= 0.3 is 0 Å². The number of hydrogen-bond acceptors (Lipinski definition) is 4. The van der Waals surface area contributed by atoms with Crippen molar-refractivity contribution in [3.05, 3.63) is 52.8 Å². The molecular weight excluding hydrogens is 335 g/mol. The van der Waals surface area contributed by atoms with E-state index in [1.807, 2.05) is 18.2 Å². The van der Waals surface area contributed by atoms with Gasteiger partial charge in [0, 0.05) is 12.2 Å². The number of rotatable bonds is 5. The smallest absolute Gasteiger partial charge is 0.242 e. The summed E-state index contributed by atoms with van der Waals surface area (Å²) in [5.74, 6) is 0.692. The van der Waals surface area contributed by atoms with E-state index in [4.69, 9.17) is 21.1 Å². The lowest BCUT2D eigenvalue weighted by Crippen LogP contribution is -2.37. The fraction of sp³-hybridized carbons (Fsp3) is 0.235. The first-order chi connectivity index (χ1) is 11.5. The van der Waals surface area contributed by atoms with E-state index in [2.05, 4.69) is 10.6 Å². The Balaban J connectivity index is 1.55. The van der Waals surface area contributed by atoms with Crippen molar-refractivity contribution in [2.75, 3.05) is 12.1 Å². The van der Waals surface area contributed by atoms with E-state index < -0.39 is 11.9 Å². The summed E-state index contributed by atoms with van der Waals surface area (Å²) in [4.78, 5) is 12.2. The lowest BCUT2D eigenvalue weighted by atomic mass is 10.2.